The van der Waals surface area contributed by atoms with Gasteiger partial charge in [0.1, 0.15) is 0 Å². The van der Waals surface area contributed by atoms with Gasteiger partial charge in [0, 0.05) is 12.0 Å². The number of nitrogens with zero attached hydrogens (tertiary/aromatic N) is 4. The Morgan fingerprint density at radius 1 is 1.50 bits per heavy atom. The molecule has 2 aromatic rings. The second-order valence-corrected chi connectivity index (χ2v) is 7.93. The van der Waals surface area contributed by atoms with Gasteiger partial charge < -0.3 is 14.7 Å². The lowest BCUT2D eigenvalue weighted by atomic mass is 9.93. The Morgan fingerprint density at radius 3 is 2.91 bits per heavy atom. The van der Waals surface area contributed by atoms with Crippen molar-refractivity contribution in [1.82, 2.24) is 14.6 Å². The van der Waals surface area contributed by atoms with Crippen molar-refractivity contribution in [2.45, 2.75) is 51.7 Å². The first kappa shape index (κ1) is 15.7. The van der Waals surface area contributed by atoms with Gasteiger partial charge >= 0.3 is 0 Å². The predicted molar refractivity (Wildman–Crippen MR) is 87.8 cm³/mol. The minimum atomic E-state index is -0.342. The zero-order valence-corrected chi connectivity index (χ0v) is 14.4. The molecule has 0 aliphatic carbocycles. The van der Waals surface area contributed by atoms with Crippen LogP contribution >= 0.6 is 11.3 Å². The van der Waals surface area contributed by atoms with Crippen LogP contribution in [0.5, 0.6) is 0 Å². The molecule has 0 bridgehead atoms. The van der Waals surface area contributed by atoms with E-state index in [1.54, 1.807) is 11.3 Å². The Hall–Kier alpha value is -1.18. The highest BCUT2D eigenvalue weighted by atomic mass is 32.1. The van der Waals surface area contributed by atoms with Gasteiger partial charge in [0.2, 0.25) is 10.1 Å². The Bertz CT molecular complexity index is 612. The number of aliphatic hydroxyl groups excluding tert-OH is 1. The topological polar surface area (TPSA) is 62.9 Å². The number of imidazole rings is 1. The fraction of sp³-hybridized carbons (Fsp3) is 0.733. The van der Waals surface area contributed by atoms with Crippen LogP contribution in [0.1, 0.15) is 39.8 Å². The van der Waals surface area contributed by atoms with Crippen molar-refractivity contribution in [3.8, 4) is 0 Å². The van der Waals surface area contributed by atoms with E-state index in [4.69, 9.17) is 9.72 Å². The lowest BCUT2D eigenvalue weighted by Gasteiger charge is -2.35. The molecule has 0 radical (unpaired) electrons. The van der Waals surface area contributed by atoms with Crippen LogP contribution in [-0.2, 0) is 10.2 Å². The molecular weight excluding hydrogens is 300 g/mol. The zero-order chi connectivity index (χ0) is 15.9. The highest BCUT2D eigenvalue weighted by Gasteiger charge is 2.28. The molecule has 2 atom stereocenters. The van der Waals surface area contributed by atoms with E-state index in [9.17, 15) is 5.11 Å². The molecule has 6 nitrogen and oxygen atoms in total. The maximum Gasteiger partial charge on any atom is 0.214 e. The summed E-state index contributed by atoms with van der Waals surface area (Å²) in [5.74, 6) is 0. The number of aromatic nitrogens is 3. The lowest BCUT2D eigenvalue weighted by Crippen LogP contribution is -2.47. The van der Waals surface area contributed by atoms with Crippen molar-refractivity contribution in [1.29, 1.82) is 0 Å². The van der Waals surface area contributed by atoms with E-state index in [0.717, 1.165) is 22.3 Å². The summed E-state index contributed by atoms with van der Waals surface area (Å²) in [4.78, 5) is 7.86. The predicted octanol–water partition coefficient (Wildman–Crippen LogP) is 2.06. The highest BCUT2D eigenvalue weighted by molar-refractivity contribution is 7.20. The summed E-state index contributed by atoms with van der Waals surface area (Å²) >= 11 is 1.60. The zero-order valence-electron chi connectivity index (χ0n) is 13.6. The van der Waals surface area contributed by atoms with Crippen molar-refractivity contribution in [2.24, 2.45) is 0 Å². The van der Waals surface area contributed by atoms with Crippen LogP contribution in [0.15, 0.2) is 6.20 Å². The molecule has 22 heavy (non-hydrogen) atoms. The average Bonchev–Trinajstić information content (AvgIpc) is 2.96. The summed E-state index contributed by atoms with van der Waals surface area (Å²) in [5.41, 5.74) is 1.09. The van der Waals surface area contributed by atoms with Gasteiger partial charge in [-0.2, -0.15) is 0 Å². The van der Waals surface area contributed by atoms with Gasteiger partial charge in [-0.15, -0.1) is 5.10 Å². The van der Waals surface area contributed by atoms with Crippen LogP contribution in [0.4, 0.5) is 5.13 Å². The quantitative estimate of drug-likeness (QED) is 0.936. The van der Waals surface area contributed by atoms with E-state index in [0.29, 0.717) is 19.6 Å². The number of hydrogen-bond acceptors (Lipinski definition) is 6. The largest absolute Gasteiger partial charge is 0.393 e. The average molecular weight is 324 g/mol. The normalized spacial score (nSPS) is 21.5. The van der Waals surface area contributed by atoms with Gasteiger partial charge in [-0.25, -0.2) is 9.50 Å². The Labute approximate surface area is 134 Å². The first-order valence-corrected chi connectivity index (χ1v) is 8.55. The van der Waals surface area contributed by atoms with E-state index in [1.807, 2.05) is 17.6 Å². The fourth-order valence-corrected chi connectivity index (χ4v) is 3.64. The van der Waals surface area contributed by atoms with Crippen LogP contribution in [0, 0.1) is 0 Å². The number of rotatable bonds is 3. The standard InChI is InChI=1S/C15H24N4O2S/c1-10(20)7-11-9-21-6-5-18(11)14-17-19-8-12(15(2,3)4)16-13(19)22-14/h8,10-11,20H,5-7,9H2,1-4H3. The minimum Gasteiger partial charge on any atom is -0.393 e. The number of aliphatic hydroxyl groups is 1. The maximum absolute atomic E-state index is 9.68. The Morgan fingerprint density at radius 2 is 2.27 bits per heavy atom. The van der Waals surface area contributed by atoms with Crippen LogP contribution in [0.3, 0.4) is 0 Å². The molecule has 0 spiro atoms. The van der Waals surface area contributed by atoms with Gasteiger partial charge in [0.15, 0.2) is 0 Å². The molecule has 2 unspecified atom stereocenters. The van der Waals surface area contributed by atoms with Gasteiger partial charge in [0.25, 0.3) is 0 Å². The summed E-state index contributed by atoms with van der Waals surface area (Å²) in [6.45, 7) is 10.4. The molecule has 0 aromatic carbocycles. The van der Waals surface area contributed by atoms with E-state index >= 15 is 0 Å². The first-order valence-electron chi connectivity index (χ1n) is 7.74. The van der Waals surface area contributed by atoms with E-state index in [-0.39, 0.29) is 17.6 Å². The molecule has 3 heterocycles. The minimum absolute atomic E-state index is 0.0292. The molecule has 7 heteroatoms. The van der Waals surface area contributed by atoms with Crippen LogP contribution in [0.2, 0.25) is 0 Å². The molecule has 3 rings (SSSR count). The first-order chi connectivity index (χ1) is 10.3. The highest BCUT2D eigenvalue weighted by Crippen LogP contribution is 2.30. The fourth-order valence-electron chi connectivity index (χ4n) is 2.66. The lowest BCUT2D eigenvalue weighted by molar-refractivity contribution is 0.0721. The summed E-state index contributed by atoms with van der Waals surface area (Å²) < 4.78 is 7.43. The molecule has 1 aliphatic heterocycles. The summed E-state index contributed by atoms with van der Waals surface area (Å²) in [6, 6.07) is 0.173. The van der Waals surface area contributed by atoms with Crippen molar-refractivity contribution >= 4 is 21.4 Å². The van der Waals surface area contributed by atoms with Crippen LogP contribution in [-0.4, -0.2) is 51.6 Å². The second kappa shape index (κ2) is 5.79. The Balaban J connectivity index is 1.87. The van der Waals surface area contributed by atoms with E-state index in [1.165, 1.54) is 0 Å². The molecule has 1 fully saturated rings. The molecule has 1 aliphatic rings. The summed E-state index contributed by atoms with van der Waals surface area (Å²) in [5, 5.41) is 15.3. The third-order valence-corrected chi connectivity index (χ3v) is 4.85. The van der Waals surface area contributed by atoms with Gasteiger partial charge in [-0.1, -0.05) is 32.1 Å². The third kappa shape index (κ3) is 3.11. The summed E-state index contributed by atoms with van der Waals surface area (Å²) in [7, 11) is 0. The number of anilines is 1. The van der Waals surface area contributed by atoms with E-state index < -0.39 is 0 Å². The molecule has 1 N–H and O–H groups in total. The van der Waals surface area contributed by atoms with Crippen molar-refractivity contribution < 1.29 is 9.84 Å². The van der Waals surface area contributed by atoms with Gasteiger partial charge in [-0.05, 0) is 13.3 Å². The number of fused-ring (bicyclic) bond motifs is 1. The number of ether oxygens (including phenoxy) is 1. The number of morpholine rings is 1. The molecule has 0 amide bonds. The summed E-state index contributed by atoms with van der Waals surface area (Å²) in [6.07, 6.45) is 2.36. The molecule has 2 aromatic heterocycles. The van der Waals surface area contributed by atoms with Crippen molar-refractivity contribution in [2.75, 3.05) is 24.7 Å². The van der Waals surface area contributed by atoms with Gasteiger partial charge in [0.05, 0.1) is 37.3 Å². The third-order valence-electron chi connectivity index (χ3n) is 3.89. The van der Waals surface area contributed by atoms with Crippen molar-refractivity contribution in [3.05, 3.63) is 11.9 Å². The Kier molecular flexibility index (Phi) is 4.13. The molecular formula is C15H24N4O2S. The van der Waals surface area contributed by atoms with Crippen LogP contribution in [0.25, 0.3) is 4.96 Å². The maximum atomic E-state index is 9.68. The second-order valence-electron chi connectivity index (χ2n) is 6.99. The molecule has 0 saturated carbocycles. The monoisotopic (exact) mass is 324 g/mol. The van der Waals surface area contributed by atoms with Gasteiger partial charge in [-0.3, -0.25) is 0 Å². The van der Waals surface area contributed by atoms with E-state index in [2.05, 4.69) is 30.8 Å². The molecule has 1 saturated heterocycles. The molecule has 122 valence electrons. The smallest absolute Gasteiger partial charge is 0.214 e. The van der Waals surface area contributed by atoms with Crippen LogP contribution < -0.4 is 4.90 Å². The SMILES string of the molecule is CC(O)CC1COCCN1c1nn2cc(C(C)(C)C)nc2s1. The number of hydrogen-bond donors (Lipinski definition) is 1. The van der Waals surface area contributed by atoms with Crippen molar-refractivity contribution in [3.63, 3.8) is 0 Å².